The van der Waals surface area contributed by atoms with Crippen molar-refractivity contribution in [3.8, 4) is 5.75 Å². The molecule has 7 nitrogen and oxygen atoms in total. The van der Waals surface area contributed by atoms with Crippen LogP contribution in [0.25, 0.3) is 0 Å². The maximum Gasteiger partial charge on any atom is 0.342 e. The van der Waals surface area contributed by atoms with Crippen molar-refractivity contribution in [3.63, 3.8) is 0 Å². The van der Waals surface area contributed by atoms with Crippen LogP contribution in [0.5, 0.6) is 5.75 Å². The van der Waals surface area contributed by atoms with E-state index in [2.05, 4.69) is 44.0 Å². The summed E-state index contributed by atoms with van der Waals surface area (Å²) in [6, 6.07) is 6.89. The van der Waals surface area contributed by atoms with Crippen LogP contribution in [-0.2, 0) is 18.8 Å². The molecule has 0 aliphatic carbocycles. The monoisotopic (exact) mass is 442 g/mol. The fourth-order valence-corrected chi connectivity index (χ4v) is 5.25. The van der Waals surface area contributed by atoms with Crippen LogP contribution >= 0.6 is 7.52 Å². The maximum absolute atomic E-state index is 13.3. The highest BCUT2D eigenvalue weighted by molar-refractivity contribution is 7.57. The van der Waals surface area contributed by atoms with E-state index in [4.69, 9.17) is 14.0 Å². The number of methoxy groups -OCH3 is 1. The summed E-state index contributed by atoms with van der Waals surface area (Å²) in [6.45, 7) is 10.5. The average Bonchev–Trinajstić information content (AvgIpc) is 2.61. The normalized spacial score (nSPS) is 16.7. The molecule has 0 saturated heterocycles. The maximum atomic E-state index is 13.3. The highest BCUT2D eigenvalue weighted by Crippen LogP contribution is 2.44. The molecule has 0 bridgehead atoms. The zero-order valence-electron chi connectivity index (χ0n) is 19.7. The highest BCUT2D eigenvalue weighted by atomic mass is 31.2. The fraction of sp³-hybridized carbons (Fsp3) is 0.682. The third-order valence-electron chi connectivity index (χ3n) is 4.71. The van der Waals surface area contributed by atoms with Gasteiger partial charge in [0.15, 0.2) is 0 Å². The van der Waals surface area contributed by atoms with E-state index in [0.29, 0.717) is 17.6 Å². The van der Waals surface area contributed by atoms with Gasteiger partial charge in [0.25, 0.3) is 0 Å². The zero-order valence-corrected chi connectivity index (χ0v) is 20.6. The molecule has 0 saturated carbocycles. The Balaban J connectivity index is 3.02. The van der Waals surface area contributed by atoms with E-state index >= 15 is 0 Å². The van der Waals surface area contributed by atoms with Gasteiger partial charge in [0, 0.05) is 13.7 Å². The number of nitrogens with one attached hydrogen (secondary N) is 1. The van der Waals surface area contributed by atoms with Crippen molar-refractivity contribution in [2.45, 2.75) is 59.1 Å². The van der Waals surface area contributed by atoms with Crippen molar-refractivity contribution in [3.05, 3.63) is 29.8 Å². The molecule has 1 N–H and O–H groups in total. The van der Waals surface area contributed by atoms with Crippen molar-refractivity contribution in [2.75, 3.05) is 34.1 Å². The van der Waals surface area contributed by atoms with Gasteiger partial charge in [-0.3, -0.25) is 9.36 Å². The van der Waals surface area contributed by atoms with Crippen LogP contribution in [-0.4, -0.2) is 57.1 Å². The van der Waals surface area contributed by atoms with Crippen LogP contribution in [0.1, 0.15) is 52.5 Å². The van der Waals surface area contributed by atoms with E-state index in [1.54, 1.807) is 26.8 Å². The second kappa shape index (κ2) is 12.5. The molecule has 0 aromatic heterocycles. The summed E-state index contributed by atoms with van der Waals surface area (Å²) in [5.74, 6) is 0.809. The lowest BCUT2D eigenvalue weighted by molar-refractivity contribution is -0.149. The molecule has 30 heavy (non-hydrogen) atoms. The lowest BCUT2D eigenvalue weighted by atomic mass is 9.85. The number of carbonyl (C=O) groups is 1. The summed E-state index contributed by atoms with van der Waals surface area (Å²) < 4.78 is 29.5. The van der Waals surface area contributed by atoms with Gasteiger partial charge >= 0.3 is 13.5 Å². The molecule has 4 unspecified atom stereocenters. The molecule has 0 aliphatic rings. The Kier molecular flexibility index (Phi) is 11.1. The second-order valence-electron chi connectivity index (χ2n) is 8.35. The van der Waals surface area contributed by atoms with Gasteiger partial charge in [-0.25, -0.2) is 5.09 Å². The molecule has 0 heterocycles. The average molecular weight is 443 g/mol. The van der Waals surface area contributed by atoms with Crippen molar-refractivity contribution in [2.24, 2.45) is 5.92 Å². The van der Waals surface area contributed by atoms with Crippen LogP contribution in [0, 0.1) is 5.92 Å². The van der Waals surface area contributed by atoms with Gasteiger partial charge in [-0.1, -0.05) is 26.0 Å². The minimum Gasteiger partial charge on any atom is -0.462 e. The quantitative estimate of drug-likeness (QED) is 0.356. The van der Waals surface area contributed by atoms with Gasteiger partial charge in [-0.2, -0.15) is 0 Å². The molecule has 1 rings (SSSR count). The minimum atomic E-state index is -3.48. The van der Waals surface area contributed by atoms with E-state index < -0.39 is 19.5 Å². The largest absolute Gasteiger partial charge is 0.462 e. The molecule has 172 valence electrons. The summed E-state index contributed by atoms with van der Waals surface area (Å²) in [6.07, 6.45) is 0.575. The van der Waals surface area contributed by atoms with Crippen molar-refractivity contribution >= 4 is 13.5 Å². The molecule has 0 fully saturated rings. The number of benzene rings is 1. The second-order valence-corrected chi connectivity index (χ2v) is 10.4. The summed E-state index contributed by atoms with van der Waals surface area (Å²) in [7, 11) is 2.11. The molecule has 1 aromatic rings. The molecule has 0 amide bonds. The van der Waals surface area contributed by atoms with Crippen molar-refractivity contribution in [1.29, 1.82) is 0 Å². The first-order valence-electron chi connectivity index (χ1n) is 10.5. The number of ether oxygens (including phenoxy) is 2. The van der Waals surface area contributed by atoms with E-state index in [-0.39, 0.29) is 12.5 Å². The SMILES string of the molecule is CCC(c1cccc(OP(=O)(COC)NC(C)C(=O)OC(C)C)c1)C(C)CN(C)C. The lowest BCUT2D eigenvalue weighted by Crippen LogP contribution is -2.36. The summed E-state index contributed by atoms with van der Waals surface area (Å²) >= 11 is 0. The molecule has 0 aliphatic heterocycles. The topological polar surface area (TPSA) is 77.1 Å². The van der Waals surface area contributed by atoms with Crippen LogP contribution in [0.3, 0.4) is 0 Å². The first kappa shape index (κ1) is 26.6. The standard InChI is InChI=1S/C22H39N2O5P/c1-9-21(17(4)14-24(6)7)19-11-10-12-20(13-19)29-30(26,15-27-8)23-18(5)22(25)28-16(2)3/h10-13,16-18,21H,9,14-15H2,1-8H3,(H,23,26). The third-order valence-corrected chi connectivity index (χ3v) is 6.60. The van der Waals surface area contributed by atoms with E-state index in [9.17, 15) is 9.36 Å². The molecular formula is C22H39N2O5P. The van der Waals surface area contributed by atoms with Crippen LogP contribution in [0.2, 0.25) is 0 Å². The molecule has 0 radical (unpaired) electrons. The summed E-state index contributed by atoms with van der Waals surface area (Å²) in [4.78, 5) is 14.3. The number of hydrogen-bond acceptors (Lipinski definition) is 6. The van der Waals surface area contributed by atoms with E-state index in [1.165, 1.54) is 7.11 Å². The summed E-state index contributed by atoms with van der Waals surface area (Å²) in [5.41, 5.74) is 1.14. The Morgan fingerprint density at radius 2 is 1.87 bits per heavy atom. The van der Waals surface area contributed by atoms with Gasteiger partial charge in [-0.15, -0.1) is 0 Å². The predicted octanol–water partition coefficient (Wildman–Crippen LogP) is 4.48. The number of nitrogens with zero attached hydrogens (tertiary/aromatic N) is 1. The zero-order chi connectivity index (χ0) is 22.9. The van der Waals surface area contributed by atoms with Gasteiger partial charge in [0.1, 0.15) is 18.1 Å². The molecule has 0 spiro atoms. The predicted molar refractivity (Wildman–Crippen MR) is 121 cm³/mol. The number of rotatable bonds is 13. The van der Waals surface area contributed by atoms with Crippen molar-refractivity contribution in [1.82, 2.24) is 9.99 Å². The molecule has 8 heteroatoms. The number of carbonyl (C=O) groups excluding carboxylic acids is 1. The molecular weight excluding hydrogens is 403 g/mol. The van der Waals surface area contributed by atoms with Gasteiger partial charge in [0.05, 0.1) is 6.10 Å². The van der Waals surface area contributed by atoms with E-state index in [0.717, 1.165) is 18.5 Å². The Labute approximate surface area is 182 Å². The first-order valence-corrected chi connectivity index (χ1v) is 12.3. The first-order chi connectivity index (χ1) is 14.0. The van der Waals surface area contributed by atoms with Crippen LogP contribution in [0.4, 0.5) is 0 Å². The van der Waals surface area contributed by atoms with Crippen LogP contribution in [0.15, 0.2) is 24.3 Å². The fourth-order valence-electron chi connectivity index (χ4n) is 3.58. The van der Waals surface area contributed by atoms with Crippen LogP contribution < -0.4 is 9.61 Å². The van der Waals surface area contributed by atoms with Crippen molar-refractivity contribution < 1.29 is 23.4 Å². The number of hydrogen-bond donors (Lipinski definition) is 1. The minimum absolute atomic E-state index is 0.162. The molecule has 4 atom stereocenters. The van der Waals surface area contributed by atoms with Gasteiger partial charge < -0.3 is 18.9 Å². The Bertz CT molecular complexity index is 711. The van der Waals surface area contributed by atoms with Gasteiger partial charge in [0.2, 0.25) is 0 Å². The summed E-state index contributed by atoms with van der Waals surface area (Å²) in [5, 5.41) is 2.79. The smallest absolute Gasteiger partial charge is 0.342 e. The Morgan fingerprint density at radius 3 is 2.40 bits per heavy atom. The Morgan fingerprint density at radius 1 is 1.20 bits per heavy atom. The third kappa shape index (κ3) is 8.76. The Hall–Kier alpha value is -1.40. The number of esters is 1. The molecule has 1 aromatic carbocycles. The van der Waals surface area contributed by atoms with E-state index in [1.807, 2.05) is 12.1 Å². The highest BCUT2D eigenvalue weighted by Gasteiger charge is 2.31. The van der Waals surface area contributed by atoms with Gasteiger partial charge in [-0.05, 0) is 70.8 Å². The lowest BCUT2D eigenvalue weighted by Gasteiger charge is -2.27.